The topological polar surface area (TPSA) is 72.6 Å². The molecule has 0 saturated carbocycles. The Kier molecular flexibility index (Phi) is 3.04. The zero-order chi connectivity index (χ0) is 15.1. The third-order valence-corrected chi connectivity index (χ3v) is 4.06. The van der Waals surface area contributed by atoms with Gasteiger partial charge in [-0.2, -0.15) is 5.10 Å². The van der Waals surface area contributed by atoms with Crippen molar-refractivity contribution < 1.29 is 9.53 Å². The zero-order valence-corrected chi connectivity index (χ0v) is 12.8. The number of cyclic esters (lactones) is 1. The first-order valence-corrected chi connectivity index (χ1v) is 7.39. The molecule has 3 aromatic heterocycles. The highest BCUT2D eigenvalue weighted by molar-refractivity contribution is 9.10. The largest absolute Gasteiger partial charge is 0.447 e. The molecule has 4 heterocycles. The summed E-state index contributed by atoms with van der Waals surface area (Å²) in [4.78, 5) is 22.3. The number of hydrogen-bond donors (Lipinski definition) is 0. The van der Waals surface area contributed by atoms with E-state index in [1.165, 1.54) is 4.90 Å². The Morgan fingerprint density at radius 3 is 3.05 bits per heavy atom. The fraction of sp³-hybridized carbons (Fsp3) is 0.143. The monoisotopic (exact) mass is 359 g/mol. The van der Waals surface area contributed by atoms with E-state index in [1.54, 1.807) is 35.4 Å². The van der Waals surface area contributed by atoms with Crippen LogP contribution in [0.15, 0.2) is 47.5 Å². The summed E-state index contributed by atoms with van der Waals surface area (Å²) in [5.74, 6) is 0.519. The Morgan fingerprint density at radius 2 is 2.23 bits per heavy atom. The molecule has 1 atom stereocenters. The maximum Gasteiger partial charge on any atom is 0.416 e. The predicted molar refractivity (Wildman–Crippen MR) is 81.5 cm³/mol. The maximum absolute atomic E-state index is 12.1. The molecule has 0 radical (unpaired) electrons. The summed E-state index contributed by atoms with van der Waals surface area (Å²) >= 11 is 3.39. The highest BCUT2D eigenvalue weighted by Gasteiger charge is 2.36. The first kappa shape index (κ1) is 13.2. The van der Waals surface area contributed by atoms with E-state index in [-0.39, 0.29) is 12.6 Å². The van der Waals surface area contributed by atoms with Crippen LogP contribution in [0.5, 0.6) is 0 Å². The van der Waals surface area contributed by atoms with E-state index >= 15 is 0 Å². The summed E-state index contributed by atoms with van der Waals surface area (Å²) in [6, 6.07) is 5.25. The van der Waals surface area contributed by atoms with Crippen LogP contribution in [0.25, 0.3) is 5.65 Å². The molecule has 1 amide bonds. The minimum atomic E-state index is -0.415. The summed E-state index contributed by atoms with van der Waals surface area (Å²) in [7, 11) is 0. The highest BCUT2D eigenvalue weighted by Crippen LogP contribution is 2.32. The molecule has 110 valence electrons. The first-order valence-electron chi connectivity index (χ1n) is 6.60. The van der Waals surface area contributed by atoms with Gasteiger partial charge in [-0.1, -0.05) is 6.07 Å². The molecule has 1 fully saturated rings. The van der Waals surface area contributed by atoms with Gasteiger partial charge in [0.2, 0.25) is 0 Å². The van der Waals surface area contributed by atoms with Crippen molar-refractivity contribution in [2.24, 2.45) is 0 Å². The van der Waals surface area contributed by atoms with Crippen LogP contribution in [0.3, 0.4) is 0 Å². The molecule has 0 bridgehead atoms. The summed E-state index contributed by atoms with van der Waals surface area (Å²) in [5, 5.41) is 4.14. The predicted octanol–water partition coefficient (Wildman–Crippen LogP) is 2.58. The van der Waals surface area contributed by atoms with Crippen LogP contribution in [-0.2, 0) is 4.74 Å². The van der Waals surface area contributed by atoms with Crippen molar-refractivity contribution in [2.45, 2.75) is 6.04 Å². The Morgan fingerprint density at radius 1 is 1.32 bits per heavy atom. The Bertz CT molecular complexity index is 851. The van der Waals surface area contributed by atoms with Gasteiger partial charge in [0.1, 0.15) is 18.5 Å². The van der Waals surface area contributed by atoms with Crippen LogP contribution < -0.4 is 4.90 Å². The van der Waals surface area contributed by atoms with Gasteiger partial charge in [0.05, 0.1) is 10.7 Å². The normalized spacial score (nSPS) is 18.0. The van der Waals surface area contributed by atoms with Gasteiger partial charge >= 0.3 is 6.09 Å². The van der Waals surface area contributed by atoms with Gasteiger partial charge in [-0.25, -0.2) is 14.3 Å². The molecule has 8 heteroatoms. The van der Waals surface area contributed by atoms with Crippen LogP contribution in [0, 0.1) is 0 Å². The van der Waals surface area contributed by atoms with E-state index in [1.807, 2.05) is 12.1 Å². The third kappa shape index (κ3) is 2.03. The van der Waals surface area contributed by atoms with E-state index in [9.17, 15) is 4.79 Å². The molecule has 4 rings (SSSR count). The fourth-order valence-electron chi connectivity index (χ4n) is 2.46. The molecule has 22 heavy (non-hydrogen) atoms. The number of carbonyl (C=O) groups excluding carboxylic acids is 1. The van der Waals surface area contributed by atoms with Gasteiger partial charge in [-0.15, -0.1) is 0 Å². The number of ether oxygens (including phenoxy) is 1. The van der Waals surface area contributed by atoms with Crippen molar-refractivity contribution in [3.8, 4) is 0 Å². The van der Waals surface area contributed by atoms with E-state index in [2.05, 4.69) is 31.0 Å². The number of aromatic nitrogens is 4. The van der Waals surface area contributed by atoms with Gasteiger partial charge in [0.15, 0.2) is 5.65 Å². The molecule has 0 spiro atoms. The third-order valence-electron chi connectivity index (χ3n) is 3.50. The number of carbonyl (C=O) groups is 1. The summed E-state index contributed by atoms with van der Waals surface area (Å²) in [6.45, 7) is 0.276. The van der Waals surface area contributed by atoms with Crippen molar-refractivity contribution in [3.05, 3.63) is 53.0 Å². The average molecular weight is 360 g/mol. The van der Waals surface area contributed by atoms with Crippen LogP contribution in [0.1, 0.15) is 11.6 Å². The number of nitrogens with zero attached hydrogens (tertiary/aromatic N) is 5. The summed E-state index contributed by atoms with van der Waals surface area (Å²) in [5.41, 5.74) is 1.55. The average Bonchev–Trinajstić information content (AvgIpc) is 3.11. The van der Waals surface area contributed by atoms with Crippen LogP contribution in [0.2, 0.25) is 0 Å². The second kappa shape index (κ2) is 5.06. The number of anilines is 1. The lowest BCUT2D eigenvalue weighted by Crippen LogP contribution is -2.28. The van der Waals surface area contributed by atoms with Crippen molar-refractivity contribution in [2.75, 3.05) is 11.5 Å². The van der Waals surface area contributed by atoms with Crippen LogP contribution in [-0.4, -0.2) is 32.3 Å². The van der Waals surface area contributed by atoms with Gasteiger partial charge in [0.25, 0.3) is 0 Å². The molecule has 0 unspecified atom stereocenters. The zero-order valence-electron chi connectivity index (χ0n) is 11.3. The number of amides is 1. The molecule has 1 saturated heterocycles. The molecular formula is C14H10BrN5O2. The fourth-order valence-corrected chi connectivity index (χ4v) is 2.82. The summed E-state index contributed by atoms with van der Waals surface area (Å²) < 4.78 is 7.59. The first-order chi connectivity index (χ1) is 10.7. The number of pyridine rings is 1. The van der Waals surface area contributed by atoms with Gasteiger partial charge in [0, 0.05) is 18.6 Å². The van der Waals surface area contributed by atoms with Gasteiger partial charge in [-0.3, -0.25) is 9.88 Å². The molecule has 0 aliphatic carbocycles. The maximum atomic E-state index is 12.1. The molecular weight excluding hydrogens is 350 g/mol. The quantitative estimate of drug-likeness (QED) is 0.703. The van der Waals surface area contributed by atoms with Crippen molar-refractivity contribution >= 4 is 33.5 Å². The minimum Gasteiger partial charge on any atom is -0.447 e. The standard InChI is InChI=1S/C14H10BrN5O2/c15-10-7-17-19-5-3-12(18-13(10)19)20-11(8-22-14(20)21)9-2-1-4-16-6-9/h1-7,11H,8H2/t11-/m1/s1. The van der Waals surface area contributed by atoms with E-state index in [0.717, 1.165) is 10.0 Å². The SMILES string of the molecule is O=C1OC[C@H](c2cccnc2)N1c1ccn2ncc(Br)c2n1. The summed E-state index contributed by atoms with van der Waals surface area (Å²) in [6.07, 6.45) is 6.43. The van der Waals surface area contributed by atoms with Gasteiger partial charge < -0.3 is 4.74 Å². The highest BCUT2D eigenvalue weighted by atomic mass is 79.9. The number of halogens is 1. The second-order valence-corrected chi connectivity index (χ2v) is 5.65. The van der Waals surface area contributed by atoms with Crippen molar-refractivity contribution in [3.63, 3.8) is 0 Å². The van der Waals surface area contributed by atoms with Crippen LogP contribution >= 0.6 is 15.9 Å². The Labute approximate surface area is 133 Å². The second-order valence-electron chi connectivity index (χ2n) is 4.80. The molecule has 0 aromatic carbocycles. The number of rotatable bonds is 2. The minimum absolute atomic E-state index is 0.238. The Balaban J connectivity index is 1.80. The van der Waals surface area contributed by atoms with E-state index in [4.69, 9.17) is 4.74 Å². The lowest BCUT2D eigenvalue weighted by Gasteiger charge is -2.20. The number of hydrogen-bond acceptors (Lipinski definition) is 5. The molecule has 1 aliphatic rings. The van der Waals surface area contributed by atoms with Gasteiger partial charge in [-0.05, 0) is 33.6 Å². The number of fused-ring (bicyclic) bond motifs is 1. The van der Waals surface area contributed by atoms with Crippen molar-refractivity contribution in [1.82, 2.24) is 19.6 Å². The lowest BCUT2D eigenvalue weighted by molar-refractivity contribution is 0.179. The van der Waals surface area contributed by atoms with E-state index < -0.39 is 6.09 Å². The Hall–Kier alpha value is -2.48. The van der Waals surface area contributed by atoms with E-state index in [0.29, 0.717) is 11.5 Å². The smallest absolute Gasteiger partial charge is 0.416 e. The molecule has 0 N–H and O–H groups in total. The van der Waals surface area contributed by atoms with Crippen molar-refractivity contribution in [1.29, 1.82) is 0 Å². The molecule has 7 nitrogen and oxygen atoms in total. The molecule has 3 aromatic rings. The lowest BCUT2D eigenvalue weighted by atomic mass is 10.1. The molecule has 1 aliphatic heterocycles. The van der Waals surface area contributed by atoms with Crippen LogP contribution in [0.4, 0.5) is 10.6 Å².